The average Bonchev–Trinajstić information content (AvgIpc) is 3.62. The van der Waals surface area contributed by atoms with Crippen LogP contribution in [-0.2, 0) is 16.2 Å². The van der Waals surface area contributed by atoms with Gasteiger partial charge in [-0.1, -0.05) is 161 Å². The Morgan fingerprint density at radius 3 is 1.86 bits per heavy atom. The van der Waals surface area contributed by atoms with E-state index in [1.54, 1.807) is 6.21 Å². The van der Waals surface area contributed by atoms with E-state index in [0.29, 0.717) is 17.4 Å². The molecule has 1 heterocycles. The third kappa shape index (κ3) is 7.81. The van der Waals surface area contributed by atoms with Crippen LogP contribution in [0.3, 0.4) is 0 Å². The van der Waals surface area contributed by atoms with Gasteiger partial charge in [0.25, 0.3) is 0 Å². The molecule has 8 aromatic rings. The number of hydrogen-bond acceptors (Lipinski definition) is 4. The molecule has 4 heteroatoms. The molecule has 0 aliphatic heterocycles. The van der Waals surface area contributed by atoms with Crippen molar-refractivity contribution in [3.05, 3.63) is 149 Å². The molecule has 0 radical (unpaired) electrons. The summed E-state index contributed by atoms with van der Waals surface area (Å²) < 4.78 is 6.79. The van der Waals surface area contributed by atoms with Crippen LogP contribution < -0.4 is 0 Å². The van der Waals surface area contributed by atoms with E-state index in [0.717, 1.165) is 55.4 Å². The number of aromatic hydroxyl groups is 1. The van der Waals surface area contributed by atoms with Crippen molar-refractivity contribution in [2.24, 2.45) is 4.99 Å². The SMILES string of the molecule is CC(C)c1ccc(-c2ccc3cc(-c4cc(C(C)(C)C)cc5oc(-c6ccc7ccccc7c6N=Cc6cc(C(C)(C)C)cc(C(C)(C)C)c6O)nc45)ccc3c2)cc1. The van der Waals surface area contributed by atoms with Gasteiger partial charge in [-0.25, -0.2) is 4.98 Å². The molecule has 59 heavy (non-hydrogen) atoms. The predicted molar refractivity (Wildman–Crippen MR) is 251 cm³/mol. The van der Waals surface area contributed by atoms with Crippen LogP contribution >= 0.6 is 0 Å². The number of benzene rings is 7. The summed E-state index contributed by atoms with van der Waals surface area (Å²) in [5, 5.41) is 16.1. The van der Waals surface area contributed by atoms with Crippen LogP contribution in [0.15, 0.2) is 131 Å². The molecule has 8 rings (SSSR count). The number of rotatable bonds is 6. The molecule has 0 saturated heterocycles. The largest absolute Gasteiger partial charge is 0.507 e. The quantitative estimate of drug-likeness (QED) is 0.171. The van der Waals surface area contributed by atoms with Gasteiger partial charge in [-0.2, -0.15) is 0 Å². The van der Waals surface area contributed by atoms with Crippen LogP contribution in [0.1, 0.15) is 110 Å². The Bertz CT molecular complexity index is 2910. The second-order valence-corrected chi connectivity index (χ2v) is 19.6. The molecular weight excluding hydrogens is 721 g/mol. The first-order chi connectivity index (χ1) is 27.8. The van der Waals surface area contributed by atoms with Gasteiger partial charge in [0.05, 0.1) is 11.3 Å². The van der Waals surface area contributed by atoms with Crippen molar-refractivity contribution in [1.29, 1.82) is 0 Å². The molecule has 0 aliphatic carbocycles. The molecule has 0 unspecified atom stereocenters. The van der Waals surface area contributed by atoms with E-state index in [4.69, 9.17) is 14.4 Å². The van der Waals surface area contributed by atoms with E-state index >= 15 is 0 Å². The minimum Gasteiger partial charge on any atom is -0.507 e. The highest BCUT2D eigenvalue weighted by Gasteiger charge is 2.26. The first kappa shape index (κ1) is 39.8. The van der Waals surface area contributed by atoms with Gasteiger partial charge in [-0.05, 0) is 108 Å². The third-order valence-corrected chi connectivity index (χ3v) is 11.7. The topological polar surface area (TPSA) is 58.6 Å². The maximum atomic E-state index is 11.7. The van der Waals surface area contributed by atoms with E-state index in [1.165, 1.54) is 33.0 Å². The summed E-state index contributed by atoms with van der Waals surface area (Å²) >= 11 is 0. The van der Waals surface area contributed by atoms with Crippen LogP contribution in [0, 0.1) is 0 Å². The standard InChI is InChI=1S/C55H56N2O2/c1-33(2)34-16-18-35(19-17-34)37-20-21-39-27-40(23-22-38(39)26-37)46-29-43(54(6,7)8)31-48-50(46)57-52(59-48)45-25-24-36-14-12-13-15-44(36)49(45)56-32-41-28-42(53(3,4)5)30-47(51(41)58)55(9,10)11/h12-33,58H,1-11H3. The maximum Gasteiger partial charge on any atom is 0.229 e. The van der Waals surface area contributed by atoms with E-state index < -0.39 is 0 Å². The van der Waals surface area contributed by atoms with Gasteiger partial charge >= 0.3 is 0 Å². The third-order valence-electron chi connectivity index (χ3n) is 11.7. The molecule has 0 spiro atoms. The normalized spacial score (nSPS) is 12.8. The number of fused-ring (bicyclic) bond motifs is 3. The van der Waals surface area contributed by atoms with Crippen molar-refractivity contribution >= 4 is 44.5 Å². The second kappa shape index (κ2) is 14.7. The fourth-order valence-electron chi connectivity index (χ4n) is 7.91. The van der Waals surface area contributed by atoms with Crippen molar-refractivity contribution < 1.29 is 9.52 Å². The maximum absolute atomic E-state index is 11.7. The molecule has 0 fully saturated rings. The van der Waals surface area contributed by atoms with Crippen LogP contribution in [0.5, 0.6) is 5.75 Å². The lowest BCUT2D eigenvalue weighted by atomic mass is 9.79. The minimum atomic E-state index is -0.256. The van der Waals surface area contributed by atoms with Gasteiger partial charge in [0.1, 0.15) is 11.3 Å². The Morgan fingerprint density at radius 2 is 1.20 bits per heavy atom. The van der Waals surface area contributed by atoms with E-state index in [1.807, 2.05) is 12.1 Å². The lowest BCUT2D eigenvalue weighted by molar-refractivity contribution is 0.444. The first-order valence-corrected chi connectivity index (χ1v) is 20.9. The highest BCUT2D eigenvalue weighted by molar-refractivity contribution is 6.03. The van der Waals surface area contributed by atoms with Crippen molar-refractivity contribution in [2.45, 2.75) is 98.3 Å². The molecule has 7 aromatic carbocycles. The van der Waals surface area contributed by atoms with Gasteiger partial charge in [0.15, 0.2) is 5.58 Å². The number of phenols is 1. The van der Waals surface area contributed by atoms with Gasteiger partial charge in [-0.15, -0.1) is 0 Å². The number of oxazole rings is 1. The molecule has 0 atom stereocenters. The minimum absolute atomic E-state index is 0.114. The Labute approximate surface area is 349 Å². The lowest BCUT2D eigenvalue weighted by Crippen LogP contribution is -2.17. The summed E-state index contributed by atoms with van der Waals surface area (Å²) in [6, 6.07) is 43.4. The molecule has 0 amide bonds. The fourth-order valence-corrected chi connectivity index (χ4v) is 7.91. The number of aromatic nitrogens is 1. The molecule has 1 aromatic heterocycles. The second-order valence-electron chi connectivity index (χ2n) is 19.6. The summed E-state index contributed by atoms with van der Waals surface area (Å²) in [4.78, 5) is 10.5. The molecule has 298 valence electrons. The summed E-state index contributed by atoms with van der Waals surface area (Å²) in [5.41, 5.74) is 12.4. The van der Waals surface area contributed by atoms with Gasteiger partial charge < -0.3 is 9.52 Å². The molecule has 4 nitrogen and oxygen atoms in total. The number of phenolic OH excluding ortho intramolecular Hbond substituents is 1. The zero-order valence-corrected chi connectivity index (χ0v) is 36.5. The summed E-state index contributed by atoms with van der Waals surface area (Å²) in [5.74, 6) is 1.26. The molecule has 0 saturated carbocycles. The molecule has 0 aliphatic rings. The molecule has 1 N–H and O–H groups in total. The monoisotopic (exact) mass is 776 g/mol. The van der Waals surface area contributed by atoms with E-state index in [9.17, 15) is 5.11 Å². The first-order valence-electron chi connectivity index (χ1n) is 20.9. The summed E-state index contributed by atoms with van der Waals surface area (Å²) in [7, 11) is 0. The lowest BCUT2D eigenvalue weighted by Gasteiger charge is -2.27. The highest BCUT2D eigenvalue weighted by atomic mass is 16.3. The Hall–Kier alpha value is -6.00. The van der Waals surface area contributed by atoms with Crippen LogP contribution in [0.2, 0.25) is 0 Å². The Balaban J connectivity index is 1.26. The van der Waals surface area contributed by atoms with Gasteiger partial charge in [0, 0.05) is 28.3 Å². The number of hydrogen-bond donors (Lipinski definition) is 1. The fraction of sp³-hybridized carbons (Fsp3) is 0.273. The zero-order chi connectivity index (χ0) is 42.0. The van der Waals surface area contributed by atoms with Crippen LogP contribution in [0.4, 0.5) is 5.69 Å². The number of aliphatic imine (C=N–C) groups is 1. The van der Waals surface area contributed by atoms with Crippen molar-refractivity contribution in [3.8, 4) is 39.5 Å². The van der Waals surface area contributed by atoms with Gasteiger partial charge in [0.2, 0.25) is 5.89 Å². The Morgan fingerprint density at radius 1 is 0.593 bits per heavy atom. The average molecular weight is 777 g/mol. The molecule has 0 bridgehead atoms. The Kier molecular flexibility index (Phi) is 9.90. The van der Waals surface area contributed by atoms with Crippen molar-refractivity contribution in [1.82, 2.24) is 4.98 Å². The summed E-state index contributed by atoms with van der Waals surface area (Å²) in [6.45, 7) is 24.1. The predicted octanol–water partition coefficient (Wildman–Crippen LogP) is 15.6. The molecular formula is C55H56N2O2. The van der Waals surface area contributed by atoms with Crippen LogP contribution in [0.25, 0.3) is 66.4 Å². The summed E-state index contributed by atoms with van der Waals surface area (Å²) in [6.07, 6.45) is 1.80. The van der Waals surface area contributed by atoms with Crippen molar-refractivity contribution in [2.75, 3.05) is 0 Å². The van der Waals surface area contributed by atoms with Gasteiger partial charge in [-0.3, -0.25) is 4.99 Å². The van der Waals surface area contributed by atoms with E-state index in [-0.39, 0.29) is 22.0 Å². The van der Waals surface area contributed by atoms with Crippen LogP contribution in [-0.4, -0.2) is 16.3 Å². The smallest absolute Gasteiger partial charge is 0.229 e. The zero-order valence-electron chi connectivity index (χ0n) is 36.5. The van der Waals surface area contributed by atoms with E-state index in [2.05, 4.69) is 185 Å². The number of nitrogens with zero attached hydrogens (tertiary/aromatic N) is 2. The van der Waals surface area contributed by atoms with Crippen molar-refractivity contribution in [3.63, 3.8) is 0 Å². The highest BCUT2D eigenvalue weighted by Crippen LogP contribution is 2.43.